The number of sulfone groups is 1. The molecule has 0 amide bonds. The second-order valence-corrected chi connectivity index (χ2v) is 6.83. The fourth-order valence-electron chi connectivity index (χ4n) is 2.50. The molecule has 3 heterocycles. The summed E-state index contributed by atoms with van der Waals surface area (Å²) in [6, 6.07) is 1.74. The fourth-order valence-corrected chi connectivity index (χ4v) is 3.87. The van der Waals surface area contributed by atoms with Crippen LogP contribution >= 0.6 is 0 Å². The van der Waals surface area contributed by atoms with E-state index in [4.69, 9.17) is 0 Å². The largest absolute Gasteiger partial charge is 0.306 e. The molecule has 1 atom stereocenters. The Morgan fingerprint density at radius 2 is 2.38 bits per heavy atom. The maximum Gasteiger partial charge on any atom is 0.197 e. The van der Waals surface area contributed by atoms with Crippen LogP contribution in [-0.2, 0) is 21.9 Å². The second-order valence-electron chi connectivity index (χ2n) is 4.77. The number of rotatable bonds is 1. The Balaban J connectivity index is 2.07. The van der Waals surface area contributed by atoms with Crippen molar-refractivity contribution in [3.63, 3.8) is 0 Å². The van der Waals surface area contributed by atoms with E-state index >= 15 is 0 Å². The van der Waals surface area contributed by atoms with Crippen molar-refractivity contribution in [1.29, 1.82) is 0 Å². The van der Waals surface area contributed by atoms with Crippen molar-refractivity contribution >= 4 is 9.84 Å². The highest BCUT2D eigenvalue weighted by molar-refractivity contribution is 7.91. The van der Waals surface area contributed by atoms with Gasteiger partial charge >= 0.3 is 0 Å². The van der Waals surface area contributed by atoms with Gasteiger partial charge in [-0.25, -0.2) is 8.42 Å². The first kappa shape index (κ1) is 10.3. The normalized spacial score (nSPS) is 31.8. The first-order valence-electron chi connectivity index (χ1n) is 5.57. The molecular formula is C10H15N3O2S. The average Bonchev–Trinajstić information content (AvgIpc) is 2.85. The van der Waals surface area contributed by atoms with Gasteiger partial charge in [0.2, 0.25) is 0 Å². The molecule has 16 heavy (non-hydrogen) atoms. The van der Waals surface area contributed by atoms with Crippen LogP contribution in [0, 0.1) is 0 Å². The van der Waals surface area contributed by atoms with E-state index in [0.29, 0.717) is 11.6 Å². The fraction of sp³-hybridized carbons (Fsp3) is 0.700. The minimum atomic E-state index is -3.07. The third kappa shape index (κ3) is 1.33. The lowest BCUT2D eigenvalue weighted by Gasteiger charge is -2.21. The highest BCUT2D eigenvalue weighted by Gasteiger charge is 2.36. The molecule has 1 N–H and O–H groups in total. The van der Waals surface area contributed by atoms with E-state index in [1.165, 1.54) is 0 Å². The van der Waals surface area contributed by atoms with E-state index in [1.54, 1.807) is 10.7 Å². The molecule has 1 aromatic rings. The van der Waals surface area contributed by atoms with Gasteiger partial charge in [-0.1, -0.05) is 0 Å². The van der Waals surface area contributed by atoms with Crippen molar-refractivity contribution in [1.82, 2.24) is 15.1 Å². The minimum absolute atomic E-state index is 0.146. The number of aromatic nitrogens is 2. The molecule has 3 rings (SSSR count). The van der Waals surface area contributed by atoms with Crippen molar-refractivity contribution in [3.8, 4) is 0 Å². The standard InChI is InChI=1S/C10H15N3O2S/c1-10(3-2-4-11-10)8-7-9-13(12-8)5-6-16(9,14)15/h7,11H,2-6H2,1H3. The minimum Gasteiger partial charge on any atom is -0.306 e. The molecule has 0 aliphatic carbocycles. The zero-order valence-corrected chi connectivity index (χ0v) is 10.0. The summed E-state index contributed by atoms with van der Waals surface area (Å²) < 4.78 is 25.0. The number of fused-ring (bicyclic) bond motifs is 1. The lowest BCUT2D eigenvalue weighted by Crippen LogP contribution is -2.33. The van der Waals surface area contributed by atoms with E-state index < -0.39 is 9.84 Å². The Bertz CT molecular complexity index is 526. The summed E-state index contributed by atoms with van der Waals surface area (Å²) in [5.41, 5.74) is 0.718. The van der Waals surface area contributed by atoms with E-state index in [-0.39, 0.29) is 11.3 Å². The van der Waals surface area contributed by atoms with Crippen LogP contribution in [0.2, 0.25) is 0 Å². The molecule has 88 valence electrons. The van der Waals surface area contributed by atoms with Gasteiger partial charge in [-0.15, -0.1) is 0 Å². The predicted octanol–water partition coefficient (Wildman–Crippen LogP) is 0.269. The molecule has 1 saturated heterocycles. The van der Waals surface area contributed by atoms with E-state index in [2.05, 4.69) is 17.3 Å². The van der Waals surface area contributed by atoms with Gasteiger partial charge in [0, 0.05) is 6.07 Å². The van der Waals surface area contributed by atoms with Crippen LogP contribution in [0.25, 0.3) is 0 Å². The van der Waals surface area contributed by atoms with Gasteiger partial charge < -0.3 is 5.32 Å². The second kappa shape index (κ2) is 3.07. The van der Waals surface area contributed by atoms with Crippen LogP contribution in [0.5, 0.6) is 0 Å². The van der Waals surface area contributed by atoms with Gasteiger partial charge in [0.05, 0.1) is 23.5 Å². The smallest absolute Gasteiger partial charge is 0.197 e. The summed E-state index contributed by atoms with van der Waals surface area (Å²) in [4.78, 5) is 0. The molecule has 0 aromatic carbocycles. The third-order valence-corrected chi connectivity index (χ3v) is 5.25. The predicted molar refractivity (Wildman–Crippen MR) is 58.9 cm³/mol. The van der Waals surface area contributed by atoms with Crippen molar-refractivity contribution in [2.75, 3.05) is 12.3 Å². The van der Waals surface area contributed by atoms with Gasteiger partial charge in [0.25, 0.3) is 0 Å². The molecule has 6 heteroatoms. The molecule has 1 fully saturated rings. The van der Waals surface area contributed by atoms with Gasteiger partial charge in [-0.05, 0) is 26.3 Å². The lowest BCUT2D eigenvalue weighted by atomic mass is 9.96. The van der Waals surface area contributed by atoms with Crippen molar-refractivity contribution in [2.24, 2.45) is 0 Å². The number of nitrogens with zero attached hydrogens (tertiary/aromatic N) is 2. The molecule has 0 bridgehead atoms. The summed E-state index contributed by atoms with van der Waals surface area (Å²) in [5.74, 6) is 0.194. The van der Waals surface area contributed by atoms with E-state index in [9.17, 15) is 8.42 Å². The number of hydrogen-bond acceptors (Lipinski definition) is 4. The highest BCUT2D eigenvalue weighted by atomic mass is 32.2. The Hall–Kier alpha value is -0.880. The van der Waals surface area contributed by atoms with Gasteiger partial charge in [-0.2, -0.15) is 5.10 Å². The molecule has 5 nitrogen and oxygen atoms in total. The number of nitrogens with one attached hydrogen (secondary N) is 1. The van der Waals surface area contributed by atoms with Crippen molar-refractivity contribution in [2.45, 2.75) is 36.9 Å². The topological polar surface area (TPSA) is 64.0 Å². The third-order valence-electron chi connectivity index (χ3n) is 3.57. The monoisotopic (exact) mass is 241 g/mol. The molecule has 1 unspecified atom stereocenters. The first-order chi connectivity index (χ1) is 7.51. The van der Waals surface area contributed by atoms with Crippen LogP contribution in [0.15, 0.2) is 11.1 Å². The Kier molecular flexibility index (Phi) is 1.98. The van der Waals surface area contributed by atoms with Crippen LogP contribution in [0.4, 0.5) is 0 Å². The molecule has 0 radical (unpaired) electrons. The quantitative estimate of drug-likeness (QED) is 0.766. The summed E-state index contributed by atoms with van der Waals surface area (Å²) in [7, 11) is -3.07. The van der Waals surface area contributed by atoms with Crippen LogP contribution in [0.1, 0.15) is 25.5 Å². The number of aryl methyl sites for hydroxylation is 1. The maximum atomic E-state index is 11.7. The maximum absolute atomic E-state index is 11.7. The van der Waals surface area contributed by atoms with Crippen LogP contribution in [0.3, 0.4) is 0 Å². The average molecular weight is 241 g/mol. The Morgan fingerprint density at radius 1 is 1.56 bits per heavy atom. The molecule has 1 aromatic heterocycles. The van der Waals surface area contributed by atoms with Gasteiger partial charge in [0.15, 0.2) is 14.9 Å². The summed E-state index contributed by atoms with van der Waals surface area (Å²) >= 11 is 0. The molecule has 2 aliphatic rings. The molecule has 0 spiro atoms. The molecule has 0 saturated carbocycles. The number of hydrogen-bond donors (Lipinski definition) is 1. The zero-order chi connectivity index (χ0) is 11.4. The highest BCUT2D eigenvalue weighted by Crippen LogP contribution is 2.32. The van der Waals surface area contributed by atoms with Crippen molar-refractivity contribution < 1.29 is 8.42 Å². The van der Waals surface area contributed by atoms with Crippen LogP contribution in [-0.4, -0.2) is 30.5 Å². The first-order valence-corrected chi connectivity index (χ1v) is 7.23. The van der Waals surface area contributed by atoms with Crippen LogP contribution < -0.4 is 5.32 Å². The summed E-state index contributed by atoms with van der Waals surface area (Å²) in [6.45, 7) is 3.56. The SMILES string of the molecule is CC1(c2cc3n(n2)CCS3(=O)=O)CCCN1. The molecular weight excluding hydrogens is 226 g/mol. The van der Waals surface area contributed by atoms with E-state index in [1.807, 2.05) is 0 Å². The zero-order valence-electron chi connectivity index (χ0n) is 9.23. The molecule has 2 aliphatic heterocycles. The summed E-state index contributed by atoms with van der Waals surface area (Å²) in [5, 5.41) is 8.20. The summed E-state index contributed by atoms with van der Waals surface area (Å²) in [6.07, 6.45) is 2.13. The Labute approximate surface area is 94.8 Å². The van der Waals surface area contributed by atoms with Crippen molar-refractivity contribution in [3.05, 3.63) is 11.8 Å². The van der Waals surface area contributed by atoms with Gasteiger partial charge in [0.1, 0.15) is 0 Å². The lowest BCUT2D eigenvalue weighted by molar-refractivity contribution is 0.414. The Morgan fingerprint density at radius 3 is 3.00 bits per heavy atom. The van der Waals surface area contributed by atoms with E-state index in [0.717, 1.165) is 25.1 Å². The van der Waals surface area contributed by atoms with Gasteiger partial charge in [-0.3, -0.25) is 4.68 Å².